The molecule has 0 heterocycles. The Labute approximate surface area is 72.1 Å². The highest BCUT2D eigenvalue weighted by Crippen LogP contribution is 2.18. The lowest BCUT2D eigenvalue weighted by atomic mass is 10.1. The number of nitriles is 1. The van der Waals surface area contributed by atoms with Crippen molar-refractivity contribution in [2.24, 2.45) is 0 Å². The Kier molecular flexibility index (Phi) is 2.21. The Morgan fingerprint density at radius 2 is 2.00 bits per heavy atom. The molecule has 0 unspecified atom stereocenters. The number of hydrogen-bond acceptors (Lipinski definition) is 2. The summed E-state index contributed by atoms with van der Waals surface area (Å²) >= 11 is 4.24. The van der Waals surface area contributed by atoms with Gasteiger partial charge < -0.3 is 0 Å². The van der Waals surface area contributed by atoms with Crippen molar-refractivity contribution in [1.29, 1.82) is 5.26 Å². The molecule has 56 valence electrons. The minimum absolute atomic E-state index is 0.679. The molecule has 11 heavy (non-hydrogen) atoms. The maximum atomic E-state index is 8.59. The van der Waals surface area contributed by atoms with Crippen LogP contribution in [0.25, 0.3) is 0 Å². The molecule has 1 nitrogen and oxygen atoms in total. The normalized spacial score (nSPS) is 9.27. The molecule has 0 aliphatic rings. The van der Waals surface area contributed by atoms with Gasteiger partial charge in [-0.3, -0.25) is 0 Å². The van der Waals surface area contributed by atoms with Crippen LogP contribution in [0.2, 0.25) is 0 Å². The van der Waals surface area contributed by atoms with Crippen molar-refractivity contribution >= 4 is 12.6 Å². The average molecular weight is 163 g/mol. The topological polar surface area (TPSA) is 23.8 Å². The highest BCUT2D eigenvalue weighted by molar-refractivity contribution is 7.80. The van der Waals surface area contributed by atoms with Gasteiger partial charge in [-0.25, -0.2) is 0 Å². The summed E-state index contributed by atoms with van der Waals surface area (Å²) in [6, 6.07) is 5.74. The van der Waals surface area contributed by atoms with Crippen LogP contribution >= 0.6 is 12.6 Å². The van der Waals surface area contributed by atoms with Gasteiger partial charge in [-0.15, -0.1) is 12.6 Å². The first-order chi connectivity index (χ1) is 5.15. The van der Waals surface area contributed by atoms with E-state index in [1.165, 1.54) is 0 Å². The molecule has 0 aliphatic heterocycles. The molecule has 2 heteroatoms. The van der Waals surface area contributed by atoms with Crippen LogP contribution < -0.4 is 0 Å². The first kappa shape index (κ1) is 8.16. The predicted octanol–water partition coefficient (Wildman–Crippen LogP) is 2.46. The first-order valence-electron chi connectivity index (χ1n) is 3.35. The summed E-state index contributed by atoms with van der Waals surface area (Å²) < 4.78 is 0. The zero-order valence-corrected chi connectivity index (χ0v) is 7.44. The van der Waals surface area contributed by atoms with Gasteiger partial charge in [0.2, 0.25) is 0 Å². The highest BCUT2D eigenvalue weighted by atomic mass is 32.1. The number of aryl methyl sites for hydroxylation is 1. The molecule has 1 aromatic carbocycles. The molecule has 0 spiro atoms. The van der Waals surface area contributed by atoms with E-state index in [0.717, 1.165) is 16.0 Å². The van der Waals surface area contributed by atoms with Gasteiger partial charge in [-0.2, -0.15) is 5.26 Å². The van der Waals surface area contributed by atoms with Gasteiger partial charge >= 0.3 is 0 Å². The van der Waals surface area contributed by atoms with Crippen molar-refractivity contribution in [3.8, 4) is 6.07 Å². The lowest BCUT2D eigenvalue weighted by Crippen LogP contribution is -1.85. The van der Waals surface area contributed by atoms with Crippen molar-refractivity contribution < 1.29 is 0 Å². The van der Waals surface area contributed by atoms with E-state index in [1.54, 1.807) is 6.07 Å². The zero-order valence-electron chi connectivity index (χ0n) is 6.55. The largest absolute Gasteiger partial charge is 0.192 e. The molecule has 0 N–H and O–H groups in total. The van der Waals surface area contributed by atoms with Crippen LogP contribution in [0.1, 0.15) is 16.7 Å². The summed E-state index contributed by atoms with van der Waals surface area (Å²) in [5, 5.41) is 8.59. The van der Waals surface area contributed by atoms with E-state index in [4.69, 9.17) is 5.26 Å². The van der Waals surface area contributed by atoms with E-state index in [9.17, 15) is 0 Å². The third-order valence-electron chi connectivity index (χ3n) is 1.77. The second-order valence-corrected chi connectivity index (χ2v) is 3.03. The molecule has 0 bridgehead atoms. The van der Waals surface area contributed by atoms with E-state index in [-0.39, 0.29) is 0 Å². The maximum Gasteiger partial charge on any atom is 0.0992 e. The molecular weight excluding hydrogens is 154 g/mol. The third-order valence-corrected chi connectivity index (χ3v) is 2.23. The predicted molar refractivity (Wildman–Crippen MR) is 47.9 cm³/mol. The van der Waals surface area contributed by atoms with Gasteiger partial charge in [0.15, 0.2) is 0 Å². The Morgan fingerprint density at radius 1 is 1.36 bits per heavy atom. The monoisotopic (exact) mass is 163 g/mol. The standard InChI is InChI=1S/C9H9NS/c1-6-3-8(5-10)4-9(11)7(6)2/h3-4,11H,1-2H3. The smallest absolute Gasteiger partial charge is 0.0992 e. The fraction of sp³-hybridized carbons (Fsp3) is 0.222. The molecule has 0 aliphatic carbocycles. The van der Waals surface area contributed by atoms with Gasteiger partial charge in [0.1, 0.15) is 0 Å². The molecule has 1 aromatic rings. The fourth-order valence-corrected chi connectivity index (χ4v) is 1.22. The van der Waals surface area contributed by atoms with E-state index in [2.05, 4.69) is 18.7 Å². The molecule has 0 saturated carbocycles. The van der Waals surface area contributed by atoms with Crippen LogP contribution in [0.15, 0.2) is 17.0 Å². The Hall–Kier alpha value is -0.940. The molecule has 1 rings (SSSR count). The van der Waals surface area contributed by atoms with Gasteiger partial charge in [-0.05, 0) is 37.1 Å². The zero-order chi connectivity index (χ0) is 8.43. The van der Waals surface area contributed by atoms with Gasteiger partial charge in [0, 0.05) is 4.90 Å². The van der Waals surface area contributed by atoms with Crippen molar-refractivity contribution in [2.45, 2.75) is 18.7 Å². The quantitative estimate of drug-likeness (QED) is 0.583. The average Bonchev–Trinajstić information content (AvgIpc) is 1.99. The van der Waals surface area contributed by atoms with Crippen LogP contribution in [-0.2, 0) is 0 Å². The SMILES string of the molecule is Cc1cc(C#N)cc(S)c1C. The van der Waals surface area contributed by atoms with Crippen LogP contribution in [0.3, 0.4) is 0 Å². The van der Waals surface area contributed by atoms with Crippen LogP contribution in [-0.4, -0.2) is 0 Å². The van der Waals surface area contributed by atoms with E-state index < -0.39 is 0 Å². The first-order valence-corrected chi connectivity index (χ1v) is 3.80. The fourth-order valence-electron chi connectivity index (χ4n) is 0.905. The lowest BCUT2D eigenvalue weighted by molar-refractivity contribution is 1.22. The van der Waals surface area contributed by atoms with Crippen molar-refractivity contribution in [2.75, 3.05) is 0 Å². The summed E-state index contributed by atoms with van der Waals surface area (Å²) in [4.78, 5) is 0.890. The van der Waals surface area contributed by atoms with Crippen molar-refractivity contribution in [3.63, 3.8) is 0 Å². The second kappa shape index (κ2) is 2.98. The van der Waals surface area contributed by atoms with Crippen LogP contribution in [0, 0.1) is 25.2 Å². The highest BCUT2D eigenvalue weighted by Gasteiger charge is 1.99. The molecule has 0 fully saturated rings. The molecular formula is C9H9NS. The lowest BCUT2D eigenvalue weighted by Gasteiger charge is -2.02. The van der Waals surface area contributed by atoms with Crippen LogP contribution in [0.4, 0.5) is 0 Å². The number of thiol groups is 1. The van der Waals surface area contributed by atoms with E-state index in [1.807, 2.05) is 19.9 Å². The van der Waals surface area contributed by atoms with Crippen molar-refractivity contribution in [1.82, 2.24) is 0 Å². The molecule has 0 radical (unpaired) electrons. The van der Waals surface area contributed by atoms with Gasteiger partial charge in [-0.1, -0.05) is 0 Å². The summed E-state index contributed by atoms with van der Waals surface area (Å²) in [6.07, 6.45) is 0. The minimum Gasteiger partial charge on any atom is -0.192 e. The van der Waals surface area contributed by atoms with Gasteiger partial charge in [0.25, 0.3) is 0 Å². The third kappa shape index (κ3) is 1.55. The molecule has 0 saturated heterocycles. The molecule has 0 amide bonds. The number of nitrogens with zero attached hydrogens (tertiary/aromatic N) is 1. The summed E-state index contributed by atoms with van der Waals surface area (Å²) in [5.41, 5.74) is 2.94. The van der Waals surface area contributed by atoms with E-state index >= 15 is 0 Å². The minimum atomic E-state index is 0.679. The number of hydrogen-bond donors (Lipinski definition) is 1. The summed E-state index contributed by atoms with van der Waals surface area (Å²) in [5.74, 6) is 0. The van der Waals surface area contributed by atoms with E-state index in [0.29, 0.717) is 5.56 Å². The molecule has 0 atom stereocenters. The van der Waals surface area contributed by atoms with Crippen molar-refractivity contribution in [3.05, 3.63) is 28.8 Å². The Morgan fingerprint density at radius 3 is 2.45 bits per heavy atom. The summed E-state index contributed by atoms with van der Waals surface area (Å²) in [7, 11) is 0. The Bertz CT molecular complexity index is 300. The van der Waals surface area contributed by atoms with Gasteiger partial charge in [0.05, 0.1) is 11.6 Å². The Balaban J connectivity index is 3.35. The maximum absolute atomic E-state index is 8.59. The number of benzene rings is 1. The number of rotatable bonds is 0. The molecule has 0 aromatic heterocycles. The van der Waals surface area contributed by atoms with Crippen LogP contribution in [0.5, 0.6) is 0 Å². The second-order valence-electron chi connectivity index (χ2n) is 2.55. The summed E-state index contributed by atoms with van der Waals surface area (Å²) in [6.45, 7) is 3.98.